The number of ether oxygens (including phenoxy) is 1. The maximum absolute atomic E-state index is 11.5. The molecule has 0 aromatic carbocycles. The van der Waals surface area contributed by atoms with Gasteiger partial charge in [0.1, 0.15) is 6.61 Å². The second-order valence-electron chi connectivity index (χ2n) is 3.88. The molecule has 0 unspecified atom stereocenters. The highest BCUT2D eigenvalue weighted by Gasteiger charge is 2.15. The van der Waals surface area contributed by atoms with Crippen LogP contribution in [0.1, 0.15) is 16.9 Å². The first-order chi connectivity index (χ1) is 7.36. The van der Waals surface area contributed by atoms with Crippen LogP contribution >= 0.6 is 0 Å². The fourth-order valence-electron chi connectivity index (χ4n) is 1.76. The van der Waals surface area contributed by atoms with Crippen molar-refractivity contribution in [1.82, 2.24) is 10.3 Å². The lowest BCUT2D eigenvalue weighted by molar-refractivity contribution is 0.0688. The molecule has 1 aromatic heterocycles. The van der Waals surface area contributed by atoms with E-state index in [0.717, 1.165) is 19.5 Å². The number of H-pyrrole nitrogens is 1. The van der Waals surface area contributed by atoms with Gasteiger partial charge in [0.25, 0.3) is 0 Å². The number of hydrogen-bond acceptors (Lipinski definition) is 3. The highest BCUT2D eigenvalue weighted by molar-refractivity contribution is 5.95. The molecule has 82 valence electrons. The zero-order valence-electron chi connectivity index (χ0n) is 8.66. The number of aromatic nitrogens is 1. The van der Waals surface area contributed by atoms with E-state index in [2.05, 4.69) is 10.3 Å². The predicted molar refractivity (Wildman–Crippen MR) is 56.9 cm³/mol. The summed E-state index contributed by atoms with van der Waals surface area (Å²) in [7, 11) is 0. The molecule has 2 heterocycles. The van der Waals surface area contributed by atoms with Crippen molar-refractivity contribution in [2.45, 2.75) is 6.42 Å². The van der Waals surface area contributed by atoms with E-state index in [1.165, 1.54) is 0 Å². The van der Waals surface area contributed by atoms with E-state index < -0.39 is 0 Å². The van der Waals surface area contributed by atoms with Crippen molar-refractivity contribution in [3.05, 3.63) is 24.0 Å². The van der Waals surface area contributed by atoms with Gasteiger partial charge in [0.2, 0.25) is 5.78 Å². The molecule has 2 N–H and O–H groups in total. The third-order valence-electron chi connectivity index (χ3n) is 2.65. The van der Waals surface area contributed by atoms with Gasteiger partial charge in [0.05, 0.1) is 12.3 Å². The number of rotatable bonds is 5. The highest BCUT2D eigenvalue weighted by Crippen LogP contribution is 2.07. The molecule has 0 bridgehead atoms. The third-order valence-corrected chi connectivity index (χ3v) is 2.65. The molecule has 0 saturated carbocycles. The van der Waals surface area contributed by atoms with Crippen molar-refractivity contribution in [1.29, 1.82) is 0 Å². The summed E-state index contributed by atoms with van der Waals surface area (Å²) in [5, 5.41) is 3.27. The normalized spacial score (nSPS) is 20.7. The van der Waals surface area contributed by atoms with Crippen LogP contribution in [0, 0.1) is 5.92 Å². The Hall–Kier alpha value is -1.13. The molecule has 2 rings (SSSR count). The summed E-state index contributed by atoms with van der Waals surface area (Å²) in [6, 6.07) is 3.58. The number of carbonyl (C=O) groups is 1. The second-order valence-corrected chi connectivity index (χ2v) is 3.88. The Morgan fingerprint density at radius 3 is 3.20 bits per heavy atom. The van der Waals surface area contributed by atoms with Crippen LogP contribution in [0.15, 0.2) is 18.3 Å². The molecule has 0 amide bonds. The molecule has 15 heavy (non-hydrogen) atoms. The Kier molecular flexibility index (Phi) is 3.53. The van der Waals surface area contributed by atoms with Crippen molar-refractivity contribution in [3.63, 3.8) is 0 Å². The summed E-state index contributed by atoms with van der Waals surface area (Å²) in [4.78, 5) is 14.4. The first kappa shape index (κ1) is 10.4. The smallest absolute Gasteiger partial charge is 0.204 e. The van der Waals surface area contributed by atoms with Gasteiger partial charge in [-0.1, -0.05) is 0 Å². The fourth-order valence-corrected chi connectivity index (χ4v) is 1.76. The average molecular weight is 208 g/mol. The molecule has 1 atom stereocenters. The van der Waals surface area contributed by atoms with Crippen LogP contribution in [0.4, 0.5) is 0 Å². The van der Waals surface area contributed by atoms with Crippen LogP contribution in [0.3, 0.4) is 0 Å². The Balaban J connectivity index is 1.67. The molecule has 4 nitrogen and oxygen atoms in total. The molecule has 0 spiro atoms. The van der Waals surface area contributed by atoms with Gasteiger partial charge < -0.3 is 15.0 Å². The molecule has 0 radical (unpaired) electrons. The molecule has 1 aliphatic rings. The van der Waals surface area contributed by atoms with Gasteiger partial charge in [-0.2, -0.15) is 0 Å². The van der Waals surface area contributed by atoms with Crippen molar-refractivity contribution in [2.24, 2.45) is 5.92 Å². The predicted octanol–water partition coefficient (Wildman–Crippen LogP) is 0.823. The molecular weight excluding hydrogens is 192 g/mol. The number of carbonyl (C=O) groups excluding carboxylic acids is 1. The molecule has 4 heteroatoms. The largest absolute Gasteiger partial charge is 0.373 e. The Morgan fingerprint density at radius 2 is 2.53 bits per heavy atom. The first-order valence-corrected chi connectivity index (χ1v) is 5.31. The van der Waals surface area contributed by atoms with E-state index in [1.807, 2.05) is 6.07 Å². The number of Topliss-reactive ketones (excluding diaryl/α,β-unsaturated/α-hetero) is 1. The Morgan fingerprint density at radius 1 is 1.60 bits per heavy atom. The van der Waals surface area contributed by atoms with E-state index in [1.54, 1.807) is 12.3 Å². The molecule has 1 fully saturated rings. The number of hydrogen-bond donors (Lipinski definition) is 2. The fraction of sp³-hybridized carbons (Fsp3) is 0.545. The zero-order chi connectivity index (χ0) is 10.5. The molecular formula is C11H16N2O2. The van der Waals surface area contributed by atoms with E-state index >= 15 is 0 Å². The van der Waals surface area contributed by atoms with Gasteiger partial charge in [-0.3, -0.25) is 4.79 Å². The third kappa shape index (κ3) is 2.91. The average Bonchev–Trinajstić information content (AvgIpc) is 2.90. The standard InChI is InChI=1S/C11H16N2O2/c14-11(10-2-1-4-13-10)8-15-7-9-3-5-12-6-9/h1-2,4,9,12-13H,3,5-8H2/t9-/m0/s1. The van der Waals surface area contributed by atoms with Crippen LogP contribution in [-0.4, -0.2) is 37.1 Å². The van der Waals surface area contributed by atoms with E-state index in [-0.39, 0.29) is 12.4 Å². The lowest BCUT2D eigenvalue weighted by Gasteiger charge is -2.07. The topological polar surface area (TPSA) is 54.1 Å². The Labute approximate surface area is 89.0 Å². The van der Waals surface area contributed by atoms with Gasteiger partial charge in [-0.25, -0.2) is 0 Å². The maximum atomic E-state index is 11.5. The van der Waals surface area contributed by atoms with E-state index in [9.17, 15) is 4.79 Å². The van der Waals surface area contributed by atoms with Crippen LogP contribution in [0.2, 0.25) is 0 Å². The summed E-state index contributed by atoms with van der Waals surface area (Å²) in [5.41, 5.74) is 0.625. The van der Waals surface area contributed by atoms with Crippen molar-refractivity contribution < 1.29 is 9.53 Å². The monoisotopic (exact) mass is 208 g/mol. The number of nitrogens with one attached hydrogen (secondary N) is 2. The number of aromatic amines is 1. The molecule has 0 aliphatic carbocycles. The second kappa shape index (κ2) is 5.09. The van der Waals surface area contributed by atoms with Crippen LogP contribution < -0.4 is 5.32 Å². The number of ketones is 1. The van der Waals surface area contributed by atoms with Gasteiger partial charge in [-0.05, 0) is 31.0 Å². The van der Waals surface area contributed by atoms with Gasteiger partial charge >= 0.3 is 0 Å². The van der Waals surface area contributed by atoms with Gasteiger partial charge in [0, 0.05) is 12.7 Å². The van der Waals surface area contributed by atoms with Crippen molar-refractivity contribution in [2.75, 3.05) is 26.3 Å². The van der Waals surface area contributed by atoms with Crippen LogP contribution in [-0.2, 0) is 4.74 Å². The lowest BCUT2D eigenvalue weighted by atomic mass is 10.1. The van der Waals surface area contributed by atoms with E-state index in [0.29, 0.717) is 18.2 Å². The summed E-state index contributed by atoms with van der Waals surface area (Å²) in [6.45, 7) is 2.94. The minimum atomic E-state index is 0.0194. The zero-order valence-corrected chi connectivity index (χ0v) is 8.66. The van der Waals surface area contributed by atoms with E-state index in [4.69, 9.17) is 4.74 Å². The quantitative estimate of drug-likeness (QED) is 0.704. The minimum Gasteiger partial charge on any atom is -0.373 e. The highest BCUT2D eigenvalue weighted by atomic mass is 16.5. The minimum absolute atomic E-state index is 0.0194. The lowest BCUT2D eigenvalue weighted by Crippen LogP contribution is -2.17. The summed E-state index contributed by atoms with van der Waals surface area (Å²) < 4.78 is 5.39. The molecule has 1 aromatic rings. The van der Waals surface area contributed by atoms with Gasteiger partial charge in [-0.15, -0.1) is 0 Å². The van der Waals surface area contributed by atoms with Crippen LogP contribution in [0.25, 0.3) is 0 Å². The SMILES string of the molecule is O=C(COC[C@H]1CCNC1)c1ccc[nH]1. The molecule has 1 saturated heterocycles. The summed E-state index contributed by atoms with van der Waals surface area (Å²) in [6.07, 6.45) is 2.89. The Bertz CT molecular complexity index is 302. The van der Waals surface area contributed by atoms with Gasteiger partial charge in [0.15, 0.2) is 0 Å². The van der Waals surface area contributed by atoms with Crippen LogP contribution in [0.5, 0.6) is 0 Å². The first-order valence-electron chi connectivity index (χ1n) is 5.31. The summed E-state index contributed by atoms with van der Waals surface area (Å²) >= 11 is 0. The maximum Gasteiger partial charge on any atom is 0.204 e. The van der Waals surface area contributed by atoms with Crippen molar-refractivity contribution >= 4 is 5.78 Å². The molecule has 1 aliphatic heterocycles. The summed E-state index contributed by atoms with van der Waals surface area (Å²) in [5.74, 6) is 0.590. The van der Waals surface area contributed by atoms with Crippen molar-refractivity contribution in [3.8, 4) is 0 Å².